The van der Waals surface area contributed by atoms with Crippen molar-refractivity contribution in [3.63, 3.8) is 0 Å². The van der Waals surface area contributed by atoms with Gasteiger partial charge in [0.15, 0.2) is 0 Å². The first-order valence-corrected chi connectivity index (χ1v) is 9.03. The number of likely N-dealkylation sites (N-methyl/N-ethyl adjacent to an activating group) is 1. The molecule has 0 aliphatic carbocycles. The molecule has 1 fully saturated rings. The zero-order valence-electron chi connectivity index (χ0n) is 16.1. The van der Waals surface area contributed by atoms with Crippen LogP contribution in [0.3, 0.4) is 0 Å². The lowest BCUT2D eigenvalue weighted by atomic mass is 10.1. The number of hydrogen-bond acceptors (Lipinski definition) is 6. The molecule has 0 saturated carbocycles. The molecule has 0 unspecified atom stereocenters. The standard InChI is InChI=1S/C17H30N6O3/c1-12-20-13(2)23(21-12)11-17(25)19-10-15-6-5-14(22(15)3)9-16(24)18-7-8-26-4/h14-15H,5-11H2,1-4H3,(H,18,24)(H,19,25)/t14-,15+/m1/s1. The fourth-order valence-corrected chi connectivity index (χ4v) is 3.30. The van der Waals surface area contributed by atoms with Gasteiger partial charge in [0.05, 0.1) is 6.61 Å². The summed E-state index contributed by atoms with van der Waals surface area (Å²) in [6.07, 6.45) is 2.40. The summed E-state index contributed by atoms with van der Waals surface area (Å²) < 4.78 is 6.54. The predicted octanol–water partition coefficient (Wildman–Crippen LogP) is -0.373. The Kier molecular flexibility index (Phi) is 7.52. The topological polar surface area (TPSA) is 101 Å². The number of carbonyl (C=O) groups excluding carboxylic acids is 2. The smallest absolute Gasteiger partial charge is 0.241 e. The zero-order chi connectivity index (χ0) is 19.1. The van der Waals surface area contributed by atoms with Crippen LogP contribution in [0.5, 0.6) is 0 Å². The van der Waals surface area contributed by atoms with E-state index in [0.717, 1.165) is 18.7 Å². The van der Waals surface area contributed by atoms with Crippen molar-refractivity contribution < 1.29 is 14.3 Å². The second kappa shape index (κ2) is 9.63. The maximum absolute atomic E-state index is 12.1. The Hall–Kier alpha value is -2.00. The lowest BCUT2D eigenvalue weighted by Gasteiger charge is -2.25. The van der Waals surface area contributed by atoms with Gasteiger partial charge >= 0.3 is 0 Å². The van der Waals surface area contributed by atoms with Crippen LogP contribution in [0.15, 0.2) is 0 Å². The summed E-state index contributed by atoms with van der Waals surface area (Å²) in [6, 6.07) is 0.453. The first kappa shape index (κ1) is 20.3. The molecule has 2 amide bonds. The molecular formula is C17H30N6O3. The predicted molar refractivity (Wildman–Crippen MR) is 96.6 cm³/mol. The highest BCUT2D eigenvalue weighted by molar-refractivity contribution is 5.76. The number of rotatable bonds is 9. The molecule has 2 rings (SSSR count). The van der Waals surface area contributed by atoms with Crippen molar-refractivity contribution in [2.75, 3.05) is 33.9 Å². The molecule has 0 spiro atoms. The largest absolute Gasteiger partial charge is 0.383 e. The molecule has 0 radical (unpaired) electrons. The molecule has 146 valence electrons. The van der Waals surface area contributed by atoms with Crippen LogP contribution in [0.4, 0.5) is 0 Å². The van der Waals surface area contributed by atoms with Gasteiger partial charge in [0.25, 0.3) is 0 Å². The van der Waals surface area contributed by atoms with Gasteiger partial charge in [0, 0.05) is 38.7 Å². The number of amides is 2. The normalized spacial score (nSPS) is 20.3. The average Bonchev–Trinajstić information content (AvgIpc) is 3.08. The zero-order valence-corrected chi connectivity index (χ0v) is 16.1. The Morgan fingerprint density at radius 1 is 1.19 bits per heavy atom. The van der Waals surface area contributed by atoms with Crippen molar-refractivity contribution in [1.29, 1.82) is 0 Å². The Labute approximate surface area is 154 Å². The second-order valence-electron chi connectivity index (χ2n) is 6.77. The molecular weight excluding hydrogens is 336 g/mol. The van der Waals surface area contributed by atoms with Gasteiger partial charge in [0.1, 0.15) is 18.2 Å². The molecule has 2 atom stereocenters. The van der Waals surface area contributed by atoms with E-state index in [2.05, 4.69) is 25.6 Å². The highest BCUT2D eigenvalue weighted by Crippen LogP contribution is 2.24. The van der Waals surface area contributed by atoms with Gasteiger partial charge in [-0.15, -0.1) is 0 Å². The monoisotopic (exact) mass is 366 g/mol. The third kappa shape index (κ3) is 5.77. The van der Waals surface area contributed by atoms with Gasteiger partial charge in [0.2, 0.25) is 11.8 Å². The fourth-order valence-electron chi connectivity index (χ4n) is 3.30. The molecule has 9 nitrogen and oxygen atoms in total. The molecule has 1 saturated heterocycles. The highest BCUT2D eigenvalue weighted by atomic mass is 16.5. The Morgan fingerprint density at radius 2 is 1.92 bits per heavy atom. The van der Waals surface area contributed by atoms with Gasteiger partial charge in [-0.05, 0) is 33.7 Å². The second-order valence-corrected chi connectivity index (χ2v) is 6.77. The lowest BCUT2D eigenvalue weighted by Crippen LogP contribution is -2.43. The molecule has 1 aliphatic heterocycles. The SMILES string of the molecule is COCCNC(=O)C[C@H]1CC[C@@H](CNC(=O)Cn2nc(C)nc2C)N1C. The number of hydrogen-bond donors (Lipinski definition) is 2. The Morgan fingerprint density at radius 3 is 2.58 bits per heavy atom. The van der Waals surface area contributed by atoms with E-state index in [4.69, 9.17) is 4.74 Å². The van der Waals surface area contributed by atoms with Crippen molar-refractivity contribution >= 4 is 11.8 Å². The van der Waals surface area contributed by atoms with Crippen LogP contribution in [-0.2, 0) is 20.9 Å². The Bertz CT molecular complexity index is 618. The molecule has 1 aliphatic rings. The number of carbonyl (C=O) groups is 2. The number of aryl methyl sites for hydroxylation is 2. The third-order valence-corrected chi connectivity index (χ3v) is 4.83. The van der Waals surface area contributed by atoms with E-state index in [1.165, 1.54) is 0 Å². The van der Waals surface area contributed by atoms with Crippen LogP contribution in [-0.4, -0.2) is 77.4 Å². The van der Waals surface area contributed by atoms with Crippen molar-refractivity contribution in [2.45, 2.75) is 51.7 Å². The van der Waals surface area contributed by atoms with Gasteiger partial charge < -0.3 is 15.4 Å². The molecule has 9 heteroatoms. The van der Waals surface area contributed by atoms with Crippen LogP contribution >= 0.6 is 0 Å². The van der Waals surface area contributed by atoms with Crippen molar-refractivity contribution in [2.24, 2.45) is 0 Å². The minimum absolute atomic E-state index is 0.0422. The minimum atomic E-state index is -0.0767. The van der Waals surface area contributed by atoms with Gasteiger partial charge in [-0.2, -0.15) is 5.10 Å². The van der Waals surface area contributed by atoms with Crippen LogP contribution < -0.4 is 10.6 Å². The number of ether oxygens (including phenoxy) is 1. The van der Waals surface area contributed by atoms with Crippen molar-refractivity contribution in [3.8, 4) is 0 Å². The summed E-state index contributed by atoms with van der Waals surface area (Å²) in [4.78, 5) is 30.5. The highest BCUT2D eigenvalue weighted by Gasteiger charge is 2.31. The fraction of sp³-hybridized carbons (Fsp3) is 0.765. The van der Waals surface area contributed by atoms with E-state index in [1.54, 1.807) is 18.7 Å². The van der Waals surface area contributed by atoms with E-state index < -0.39 is 0 Å². The number of methoxy groups -OCH3 is 1. The summed E-state index contributed by atoms with van der Waals surface area (Å²) >= 11 is 0. The maximum atomic E-state index is 12.1. The molecule has 1 aromatic heterocycles. The summed E-state index contributed by atoms with van der Waals surface area (Å²) in [5.41, 5.74) is 0. The van der Waals surface area contributed by atoms with Crippen molar-refractivity contribution in [3.05, 3.63) is 11.6 Å². The quantitative estimate of drug-likeness (QED) is 0.578. The average molecular weight is 366 g/mol. The van der Waals surface area contributed by atoms with E-state index in [1.807, 2.05) is 14.0 Å². The van der Waals surface area contributed by atoms with Crippen LogP contribution in [0, 0.1) is 13.8 Å². The molecule has 0 aromatic carbocycles. The van der Waals surface area contributed by atoms with E-state index in [-0.39, 0.29) is 30.4 Å². The number of nitrogens with zero attached hydrogens (tertiary/aromatic N) is 4. The lowest BCUT2D eigenvalue weighted by molar-refractivity contribution is -0.123. The molecule has 26 heavy (non-hydrogen) atoms. The van der Waals surface area contributed by atoms with E-state index in [0.29, 0.717) is 31.9 Å². The van der Waals surface area contributed by atoms with Crippen molar-refractivity contribution in [1.82, 2.24) is 30.3 Å². The van der Waals surface area contributed by atoms with Gasteiger partial charge in [-0.25, -0.2) is 9.67 Å². The molecule has 2 N–H and O–H groups in total. The first-order valence-electron chi connectivity index (χ1n) is 9.03. The maximum Gasteiger partial charge on any atom is 0.241 e. The molecule has 1 aromatic rings. The van der Waals surface area contributed by atoms with E-state index in [9.17, 15) is 9.59 Å². The number of aromatic nitrogens is 3. The van der Waals surface area contributed by atoms with Gasteiger partial charge in [-0.1, -0.05) is 0 Å². The molecule has 2 heterocycles. The summed E-state index contributed by atoms with van der Waals surface area (Å²) in [7, 11) is 3.63. The van der Waals surface area contributed by atoms with E-state index >= 15 is 0 Å². The first-order chi connectivity index (χ1) is 12.4. The summed E-state index contributed by atoms with van der Waals surface area (Å²) in [5, 5.41) is 10.0. The third-order valence-electron chi connectivity index (χ3n) is 4.83. The summed E-state index contributed by atoms with van der Waals surface area (Å²) in [6.45, 7) is 5.44. The summed E-state index contributed by atoms with van der Waals surface area (Å²) in [5.74, 6) is 1.36. The molecule has 0 bridgehead atoms. The Balaban J connectivity index is 1.72. The number of nitrogens with one attached hydrogen (secondary N) is 2. The van der Waals surface area contributed by atoms with Gasteiger partial charge in [-0.3, -0.25) is 14.5 Å². The van der Waals surface area contributed by atoms with Crippen LogP contribution in [0.2, 0.25) is 0 Å². The van der Waals surface area contributed by atoms with Crippen LogP contribution in [0.25, 0.3) is 0 Å². The minimum Gasteiger partial charge on any atom is -0.383 e. The van der Waals surface area contributed by atoms with Crippen LogP contribution in [0.1, 0.15) is 30.9 Å². The number of likely N-dealkylation sites (tertiary alicyclic amines) is 1.